The Balaban J connectivity index is 1.50. The Morgan fingerprint density at radius 1 is 0.923 bits per heavy atom. The molecule has 0 aliphatic heterocycles. The van der Waals surface area contributed by atoms with Gasteiger partial charge in [-0.15, -0.1) is 0 Å². The van der Waals surface area contributed by atoms with Crippen LogP contribution in [0.5, 0.6) is 0 Å². The van der Waals surface area contributed by atoms with Crippen molar-refractivity contribution in [1.29, 1.82) is 0 Å². The summed E-state index contributed by atoms with van der Waals surface area (Å²) in [6.07, 6.45) is 11.0. The molecule has 222 valence electrons. The molecule has 5 saturated carbocycles. The van der Waals surface area contributed by atoms with Crippen LogP contribution in [0.15, 0.2) is 12.2 Å². The van der Waals surface area contributed by atoms with Crippen molar-refractivity contribution in [3.05, 3.63) is 12.2 Å². The van der Waals surface area contributed by atoms with E-state index in [-0.39, 0.29) is 34.2 Å². The highest BCUT2D eigenvalue weighted by atomic mass is 16.5. The van der Waals surface area contributed by atoms with Gasteiger partial charge in [0, 0.05) is 5.41 Å². The van der Waals surface area contributed by atoms with Crippen molar-refractivity contribution in [1.82, 2.24) is 0 Å². The summed E-state index contributed by atoms with van der Waals surface area (Å²) in [4.78, 5) is 14.0. The minimum atomic E-state index is -0.413. The van der Waals surface area contributed by atoms with Crippen molar-refractivity contribution in [2.45, 2.75) is 125 Å². The van der Waals surface area contributed by atoms with Gasteiger partial charge >= 0.3 is 5.97 Å². The largest absolute Gasteiger partial charge is 0.465 e. The van der Waals surface area contributed by atoms with Crippen LogP contribution in [0, 0.1) is 62.6 Å². The molecule has 0 aromatic carbocycles. The van der Waals surface area contributed by atoms with Crippen molar-refractivity contribution in [2.24, 2.45) is 62.6 Å². The van der Waals surface area contributed by atoms with E-state index in [2.05, 4.69) is 55.0 Å². The molecule has 0 saturated heterocycles. The van der Waals surface area contributed by atoms with E-state index < -0.39 is 11.5 Å². The number of allylic oxidation sites excluding steroid dienone is 1. The third-order valence-electron chi connectivity index (χ3n) is 14.5. The Hall–Kier alpha value is -0.870. The molecule has 4 unspecified atom stereocenters. The van der Waals surface area contributed by atoms with Gasteiger partial charge in [0.1, 0.15) is 0 Å². The molecule has 5 fully saturated rings. The van der Waals surface area contributed by atoms with Crippen molar-refractivity contribution in [3.8, 4) is 0 Å². The summed E-state index contributed by atoms with van der Waals surface area (Å²) in [6, 6.07) is 0. The van der Waals surface area contributed by atoms with Crippen molar-refractivity contribution >= 4 is 5.97 Å². The maximum Gasteiger partial charge on any atom is 0.312 e. The smallest absolute Gasteiger partial charge is 0.312 e. The number of hydrogen-bond donors (Lipinski definition) is 2. The molecule has 0 bridgehead atoms. The Morgan fingerprint density at radius 3 is 2.28 bits per heavy atom. The van der Waals surface area contributed by atoms with Gasteiger partial charge in [0.25, 0.3) is 0 Å². The second-order valence-electron chi connectivity index (χ2n) is 16.4. The predicted molar refractivity (Wildman–Crippen MR) is 157 cm³/mol. The molecule has 5 aliphatic carbocycles. The highest BCUT2D eigenvalue weighted by Gasteiger charge is 2.72. The van der Waals surface area contributed by atoms with Gasteiger partial charge in [-0.25, -0.2) is 0 Å². The van der Waals surface area contributed by atoms with E-state index in [9.17, 15) is 15.0 Å². The summed E-state index contributed by atoms with van der Waals surface area (Å²) in [5.41, 5.74) is 0.981. The Bertz CT molecular complexity index is 974. The molecule has 2 N–H and O–H groups in total. The number of aliphatic hydroxyl groups is 2. The van der Waals surface area contributed by atoms with Crippen LogP contribution in [0.25, 0.3) is 0 Å². The van der Waals surface area contributed by atoms with Crippen molar-refractivity contribution in [2.75, 3.05) is 13.2 Å². The lowest BCUT2D eigenvalue weighted by molar-refractivity contribution is -0.254. The average Bonchev–Trinajstić information content (AvgIpc) is 3.28. The van der Waals surface area contributed by atoms with E-state index in [4.69, 9.17) is 4.74 Å². The van der Waals surface area contributed by atoms with E-state index in [1.807, 2.05) is 0 Å². The van der Waals surface area contributed by atoms with Gasteiger partial charge in [0.05, 0.1) is 24.7 Å². The van der Waals surface area contributed by atoms with Crippen LogP contribution in [0.4, 0.5) is 0 Å². The molecule has 0 amide bonds. The monoisotopic (exact) mass is 542 g/mol. The van der Waals surface area contributed by atoms with E-state index in [1.54, 1.807) is 0 Å². The summed E-state index contributed by atoms with van der Waals surface area (Å²) < 4.78 is 6.09. The zero-order valence-electron chi connectivity index (χ0n) is 26.2. The van der Waals surface area contributed by atoms with Crippen molar-refractivity contribution in [3.63, 3.8) is 0 Å². The van der Waals surface area contributed by atoms with Gasteiger partial charge in [0.15, 0.2) is 0 Å². The van der Waals surface area contributed by atoms with Crippen molar-refractivity contribution < 1.29 is 19.7 Å². The number of carbonyl (C=O) groups excluding carboxylic acids is 1. The van der Waals surface area contributed by atoms with Crippen LogP contribution in [0.1, 0.15) is 119 Å². The molecule has 5 rings (SSSR count). The van der Waals surface area contributed by atoms with Crippen LogP contribution in [-0.4, -0.2) is 35.5 Å². The standard InChI is InChI=1S/C35H58O4/c1-22(2)14-20-39-30(38)35-17-11-24(23(3)4)29(35)25-9-10-27-31(5)15-13-28(37)32(6,21-36)26(31)12-16-34(27,8)33(25,7)18-19-35/h22,24-29,36-37H,3,9-21H2,1-2,4-8H3/t24-,25?,26?,27?,28-,29?,31-,32-,33+,34+,35-/m0/s1. The third kappa shape index (κ3) is 3.99. The first-order valence-corrected chi connectivity index (χ1v) is 16.3. The van der Waals surface area contributed by atoms with E-state index >= 15 is 0 Å². The van der Waals surface area contributed by atoms with E-state index in [1.165, 1.54) is 18.4 Å². The van der Waals surface area contributed by atoms with Gasteiger partial charge < -0.3 is 14.9 Å². The van der Waals surface area contributed by atoms with Crippen LogP contribution in [0.2, 0.25) is 0 Å². The van der Waals surface area contributed by atoms with Gasteiger partial charge in [-0.1, -0.05) is 53.7 Å². The molecular formula is C35H58O4. The molecule has 0 aromatic heterocycles. The molecule has 0 spiro atoms. The van der Waals surface area contributed by atoms with Gasteiger partial charge in [-0.3, -0.25) is 4.79 Å². The van der Waals surface area contributed by atoms with Gasteiger partial charge in [0.2, 0.25) is 0 Å². The quantitative estimate of drug-likeness (QED) is 0.268. The highest BCUT2D eigenvalue weighted by Crippen LogP contribution is 2.77. The number of carbonyl (C=O) groups is 1. The summed E-state index contributed by atoms with van der Waals surface area (Å²) in [7, 11) is 0. The first-order valence-electron chi connectivity index (χ1n) is 16.3. The molecule has 0 radical (unpaired) electrons. The lowest BCUT2D eigenvalue weighted by Crippen LogP contribution is -2.67. The van der Waals surface area contributed by atoms with Crippen LogP contribution < -0.4 is 0 Å². The number of hydrogen-bond acceptors (Lipinski definition) is 4. The minimum Gasteiger partial charge on any atom is -0.465 e. The number of rotatable bonds is 6. The number of fused-ring (bicyclic) bond motifs is 7. The van der Waals surface area contributed by atoms with Crippen LogP contribution >= 0.6 is 0 Å². The molecule has 39 heavy (non-hydrogen) atoms. The molecule has 11 atom stereocenters. The third-order valence-corrected chi connectivity index (χ3v) is 14.5. The van der Waals surface area contributed by atoms with Crippen LogP contribution in [0.3, 0.4) is 0 Å². The zero-order chi connectivity index (χ0) is 28.6. The lowest BCUT2D eigenvalue weighted by Gasteiger charge is -2.72. The zero-order valence-corrected chi connectivity index (χ0v) is 26.2. The van der Waals surface area contributed by atoms with Gasteiger partial charge in [-0.05, 0) is 129 Å². The maximum atomic E-state index is 14.0. The Labute approximate surface area is 238 Å². The summed E-state index contributed by atoms with van der Waals surface area (Å²) >= 11 is 0. The minimum absolute atomic E-state index is 0.0710. The normalized spacial score (nSPS) is 50.9. The fraction of sp³-hybridized carbons (Fsp3) is 0.914. The molecule has 0 aromatic rings. The molecular weight excluding hydrogens is 484 g/mol. The predicted octanol–water partition coefficient (Wildman–Crippen LogP) is 7.57. The van der Waals surface area contributed by atoms with Gasteiger partial charge in [-0.2, -0.15) is 0 Å². The summed E-state index contributed by atoms with van der Waals surface area (Å²) in [5.74, 6) is 2.80. The fourth-order valence-electron chi connectivity index (χ4n) is 12.1. The SMILES string of the molecule is C=C(C)[C@@H]1CC[C@]2(C(=O)OCCC(C)C)CC[C@]3(C)C(CCC4[C@@]5(C)CC[C@H](O)[C@@](C)(CO)C5CC[C@]43C)C12. The topological polar surface area (TPSA) is 66.8 Å². The molecule has 5 aliphatic rings. The first-order chi connectivity index (χ1) is 18.2. The first kappa shape index (κ1) is 29.6. The second kappa shape index (κ2) is 9.85. The van der Waals surface area contributed by atoms with Crippen LogP contribution in [-0.2, 0) is 9.53 Å². The summed E-state index contributed by atoms with van der Waals surface area (Å²) in [5, 5.41) is 21.5. The fourth-order valence-corrected chi connectivity index (χ4v) is 12.1. The number of esters is 1. The van der Waals surface area contributed by atoms with E-state index in [0.29, 0.717) is 42.1 Å². The number of ether oxygens (including phenoxy) is 1. The average molecular weight is 543 g/mol. The lowest BCUT2D eigenvalue weighted by atomic mass is 9.32. The maximum absolute atomic E-state index is 14.0. The molecule has 0 heterocycles. The second-order valence-corrected chi connectivity index (χ2v) is 16.4. The molecule has 4 nitrogen and oxygen atoms in total. The number of aliphatic hydroxyl groups excluding tert-OH is 2. The molecule has 4 heteroatoms. The Morgan fingerprint density at radius 2 is 1.64 bits per heavy atom. The summed E-state index contributed by atoms with van der Waals surface area (Å²) in [6.45, 7) is 21.5. The van der Waals surface area contributed by atoms with E-state index in [0.717, 1.165) is 57.8 Å². The Kier molecular flexibility index (Phi) is 7.48. The highest BCUT2D eigenvalue weighted by molar-refractivity contribution is 5.78.